The Balaban J connectivity index is 2.24. The molecule has 0 saturated heterocycles. The highest BCUT2D eigenvalue weighted by Gasteiger charge is 2.33. The molecule has 134 valence electrons. The van der Waals surface area contributed by atoms with Crippen LogP contribution in [0, 0.1) is 10.1 Å². The molecule has 0 N–H and O–H groups in total. The topological polar surface area (TPSA) is 81.8 Å². The fourth-order valence-electron chi connectivity index (χ4n) is 1.54. The van der Waals surface area contributed by atoms with Gasteiger partial charge in [-0.3, -0.25) is 10.1 Å². The second-order valence-corrected chi connectivity index (χ2v) is 9.98. The van der Waals surface area contributed by atoms with Crippen molar-refractivity contribution in [1.29, 1.82) is 0 Å². The van der Waals surface area contributed by atoms with Crippen LogP contribution in [0.25, 0.3) is 0 Å². The lowest BCUT2D eigenvalue weighted by Crippen LogP contribution is -2.16. The van der Waals surface area contributed by atoms with Gasteiger partial charge in [-0.15, -0.1) is 0 Å². The highest BCUT2D eigenvalue weighted by Crippen LogP contribution is 2.40. The maximum Gasteiger partial charge on any atom is 0.269 e. The number of thioether (sulfide) groups is 1. The number of hydrogen-bond acceptors (Lipinski definition) is 6. The Bertz CT molecular complexity index is 746. The van der Waals surface area contributed by atoms with E-state index >= 15 is 0 Å². The number of nitrogens with zero attached hydrogens (tertiary/aromatic N) is 4. The van der Waals surface area contributed by atoms with Gasteiger partial charge >= 0.3 is 0 Å². The van der Waals surface area contributed by atoms with Crippen LogP contribution >= 0.6 is 81.4 Å². The first-order valence-corrected chi connectivity index (χ1v) is 9.49. The summed E-state index contributed by atoms with van der Waals surface area (Å²) in [5.41, 5.74) is 0.785. The van der Waals surface area contributed by atoms with E-state index in [1.54, 1.807) is 12.1 Å². The van der Waals surface area contributed by atoms with Gasteiger partial charge in [0.2, 0.25) is 7.59 Å². The zero-order chi connectivity index (χ0) is 18.8. The van der Waals surface area contributed by atoms with Crippen molar-refractivity contribution >= 4 is 87.1 Å². The van der Waals surface area contributed by atoms with Gasteiger partial charge in [0.05, 0.1) is 4.92 Å². The smallest absolute Gasteiger partial charge is 0.258 e. The maximum atomic E-state index is 10.7. The van der Waals surface area contributed by atoms with E-state index in [1.807, 2.05) is 0 Å². The molecule has 0 spiro atoms. The molecule has 0 aliphatic rings. The van der Waals surface area contributed by atoms with Crippen molar-refractivity contribution in [3.8, 4) is 0 Å². The molecule has 2 rings (SSSR count). The summed E-state index contributed by atoms with van der Waals surface area (Å²) in [6.45, 7) is 0. The molecule has 0 amide bonds. The Hall–Kier alpha value is -0.280. The summed E-state index contributed by atoms with van der Waals surface area (Å²) in [6, 6.07) is 6.00. The number of hydrogen-bond donors (Lipinski definition) is 0. The van der Waals surface area contributed by atoms with Crippen molar-refractivity contribution in [3.05, 3.63) is 51.6 Å². The lowest BCUT2D eigenvalue weighted by molar-refractivity contribution is -0.384. The van der Waals surface area contributed by atoms with Crippen LogP contribution in [-0.4, -0.2) is 19.9 Å². The minimum absolute atomic E-state index is 0.00843. The van der Waals surface area contributed by atoms with Gasteiger partial charge in [-0.2, -0.15) is 0 Å². The van der Waals surface area contributed by atoms with E-state index in [-0.39, 0.29) is 22.5 Å². The molecule has 0 atom stereocenters. The second kappa shape index (κ2) is 8.17. The zero-order valence-corrected chi connectivity index (χ0v) is 17.1. The molecule has 13 heteroatoms. The SMILES string of the molecule is O=[N+]([O-])c1ccc(CSc2nc(C(Cl)(Cl)Cl)nc(C(Cl)(Cl)Cl)n2)cc1. The second-order valence-electron chi connectivity index (χ2n) is 4.47. The number of non-ortho nitro benzene ring substituents is 1. The molecule has 1 heterocycles. The average Bonchev–Trinajstić information content (AvgIpc) is 2.51. The van der Waals surface area contributed by atoms with Gasteiger partial charge in [0.15, 0.2) is 16.8 Å². The Morgan fingerprint density at radius 2 is 1.40 bits per heavy atom. The quantitative estimate of drug-likeness (QED) is 0.240. The molecule has 0 bridgehead atoms. The third-order valence-electron chi connectivity index (χ3n) is 2.64. The number of alkyl halides is 6. The fraction of sp³-hybridized carbons (Fsp3) is 0.250. The number of nitro groups is 1. The Morgan fingerprint density at radius 3 is 1.80 bits per heavy atom. The van der Waals surface area contributed by atoms with Crippen LogP contribution in [0.15, 0.2) is 29.4 Å². The summed E-state index contributed by atoms with van der Waals surface area (Å²) >= 11 is 35.9. The molecule has 1 aromatic heterocycles. The maximum absolute atomic E-state index is 10.7. The summed E-state index contributed by atoms with van der Waals surface area (Å²) in [5.74, 6) is 0.0284. The summed E-state index contributed by atoms with van der Waals surface area (Å²) in [6.07, 6.45) is 0. The standard InChI is InChI=1S/C12H6Cl6N4O2S/c13-11(14,15)8-19-9(12(16,17)18)21-10(20-8)25-5-6-1-3-7(4-2-6)22(23)24/h1-4H,5H2. The molecule has 0 radical (unpaired) electrons. The molecule has 25 heavy (non-hydrogen) atoms. The van der Waals surface area contributed by atoms with Crippen molar-refractivity contribution in [2.75, 3.05) is 0 Å². The van der Waals surface area contributed by atoms with Crippen molar-refractivity contribution in [2.45, 2.75) is 18.5 Å². The van der Waals surface area contributed by atoms with E-state index in [0.29, 0.717) is 5.75 Å². The summed E-state index contributed by atoms with van der Waals surface area (Å²) < 4.78 is -3.84. The van der Waals surface area contributed by atoms with Gasteiger partial charge in [-0.1, -0.05) is 93.5 Å². The summed E-state index contributed by atoms with van der Waals surface area (Å²) in [4.78, 5) is 22.1. The van der Waals surface area contributed by atoms with Crippen LogP contribution in [-0.2, 0) is 13.3 Å². The Kier molecular flexibility index (Phi) is 6.87. The number of benzene rings is 1. The molecule has 0 aliphatic carbocycles. The van der Waals surface area contributed by atoms with Crippen molar-refractivity contribution in [3.63, 3.8) is 0 Å². The van der Waals surface area contributed by atoms with Gasteiger partial charge in [0, 0.05) is 17.9 Å². The lowest BCUT2D eigenvalue weighted by atomic mass is 10.2. The first-order valence-electron chi connectivity index (χ1n) is 6.23. The van der Waals surface area contributed by atoms with Crippen LogP contribution in [0.5, 0.6) is 0 Å². The van der Waals surface area contributed by atoms with Crippen molar-refractivity contribution in [1.82, 2.24) is 15.0 Å². The first-order chi connectivity index (χ1) is 11.5. The van der Waals surface area contributed by atoms with Crippen LogP contribution in [0.4, 0.5) is 5.69 Å². The number of aromatic nitrogens is 3. The Morgan fingerprint density at radius 1 is 0.920 bits per heavy atom. The zero-order valence-electron chi connectivity index (χ0n) is 11.8. The van der Waals surface area contributed by atoms with Crippen LogP contribution in [0.2, 0.25) is 0 Å². The van der Waals surface area contributed by atoms with Gasteiger partial charge < -0.3 is 0 Å². The predicted molar refractivity (Wildman–Crippen MR) is 101 cm³/mol. The van der Waals surface area contributed by atoms with Crippen LogP contribution in [0.1, 0.15) is 17.2 Å². The molecule has 6 nitrogen and oxygen atoms in total. The minimum Gasteiger partial charge on any atom is -0.258 e. The normalized spacial score (nSPS) is 12.2. The van der Waals surface area contributed by atoms with Crippen molar-refractivity contribution < 1.29 is 4.92 Å². The first kappa shape index (κ1) is 21.0. The molecule has 2 aromatic rings. The van der Waals surface area contributed by atoms with Crippen molar-refractivity contribution in [2.24, 2.45) is 0 Å². The van der Waals surface area contributed by atoms with Crippen LogP contribution in [0.3, 0.4) is 0 Å². The highest BCUT2D eigenvalue weighted by atomic mass is 35.6. The van der Waals surface area contributed by atoms with E-state index in [1.165, 1.54) is 12.1 Å². The number of halogens is 6. The van der Waals surface area contributed by atoms with Gasteiger partial charge in [-0.05, 0) is 5.56 Å². The van der Waals surface area contributed by atoms with E-state index in [0.717, 1.165) is 17.3 Å². The third-order valence-corrected chi connectivity index (χ3v) is 4.57. The van der Waals surface area contributed by atoms with Crippen LogP contribution < -0.4 is 0 Å². The molecular weight excluding hydrogens is 477 g/mol. The minimum atomic E-state index is -1.92. The van der Waals surface area contributed by atoms with Gasteiger partial charge in [-0.25, -0.2) is 15.0 Å². The monoisotopic (exact) mass is 480 g/mol. The average molecular weight is 483 g/mol. The molecule has 0 aliphatic heterocycles. The summed E-state index contributed by atoms with van der Waals surface area (Å²) in [5, 5.41) is 10.8. The highest BCUT2D eigenvalue weighted by molar-refractivity contribution is 7.98. The summed E-state index contributed by atoms with van der Waals surface area (Å²) in [7, 11) is 0. The fourth-order valence-corrected chi connectivity index (χ4v) is 2.83. The molecular formula is C12H6Cl6N4O2S. The van der Waals surface area contributed by atoms with E-state index in [2.05, 4.69) is 15.0 Å². The lowest BCUT2D eigenvalue weighted by Gasteiger charge is -2.15. The number of nitro benzene ring substituents is 1. The van der Waals surface area contributed by atoms with Gasteiger partial charge in [0.25, 0.3) is 5.69 Å². The third kappa shape index (κ3) is 6.13. The molecule has 0 unspecified atom stereocenters. The Labute approximate surface area is 176 Å². The molecule has 1 aromatic carbocycles. The molecule has 0 saturated carbocycles. The number of rotatable bonds is 4. The van der Waals surface area contributed by atoms with E-state index in [4.69, 9.17) is 69.6 Å². The van der Waals surface area contributed by atoms with E-state index in [9.17, 15) is 10.1 Å². The molecule has 0 fully saturated rings. The largest absolute Gasteiger partial charge is 0.269 e. The van der Waals surface area contributed by atoms with E-state index < -0.39 is 12.5 Å². The van der Waals surface area contributed by atoms with Gasteiger partial charge in [0.1, 0.15) is 0 Å². The predicted octanol–water partition coefficient (Wildman–Crippen LogP) is 5.73.